The summed E-state index contributed by atoms with van der Waals surface area (Å²) in [5.74, 6) is 1.30. The number of carbonyl (C=O) groups is 2. The van der Waals surface area contributed by atoms with E-state index < -0.39 is 0 Å². The summed E-state index contributed by atoms with van der Waals surface area (Å²) in [5, 5.41) is 3.04. The van der Waals surface area contributed by atoms with Crippen LogP contribution >= 0.6 is 0 Å². The highest BCUT2D eigenvalue weighted by Crippen LogP contribution is 2.43. The monoisotopic (exact) mass is 507 g/mol. The van der Waals surface area contributed by atoms with Crippen molar-refractivity contribution in [2.45, 2.75) is 95.9 Å². The molecule has 3 fully saturated rings. The lowest BCUT2D eigenvalue weighted by Gasteiger charge is -2.41. The topological polar surface area (TPSA) is 70.5 Å². The molecule has 1 aromatic heterocycles. The summed E-state index contributed by atoms with van der Waals surface area (Å²) >= 11 is 0. The molecule has 1 aromatic carbocycles. The Bertz CT molecular complexity index is 1180. The number of benzene rings is 1. The van der Waals surface area contributed by atoms with Crippen LogP contribution < -0.4 is 5.32 Å². The molecule has 0 unspecified atom stereocenters. The first kappa shape index (κ1) is 24.6. The molecule has 198 valence electrons. The summed E-state index contributed by atoms with van der Waals surface area (Å²) in [5.41, 5.74) is 3.26. The molecule has 0 radical (unpaired) electrons. The molecule has 8 heteroatoms. The molecule has 4 heterocycles. The summed E-state index contributed by atoms with van der Waals surface area (Å²) in [7, 11) is 0. The Balaban J connectivity index is 1.13. The van der Waals surface area contributed by atoms with Crippen molar-refractivity contribution in [3.05, 3.63) is 52.9 Å². The molecule has 2 aromatic rings. The van der Waals surface area contributed by atoms with Crippen LogP contribution in [0, 0.1) is 18.7 Å². The molecular formula is C29H38FN5O2. The number of hydrogen-bond acceptors (Lipinski definition) is 4. The average Bonchev–Trinajstić information content (AvgIpc) is 3.62. The van der Waals surface area contributed by atoms with E-state index in [-0.39, 0.29) is 23.7 Å². The quantitative estimate of drug-likeness (QED) is 0.614. The number of amides is 2. The highest BCUT2D eigenvalue weighted by atomic mass is 19.1. The van der Waals surface area contributed by atoms with Gasteiger partial charge in [-0.05, 0) is 69.6 Å². The zero-order valence-electron chi connectivity index (χ0n) is 22.0. The van der Waals surface area contributed by atoms with Gasteiger partial charge in [-0.1, -0.05) is 12.1 Å². The van der Waals surface area contributed by atoms with Gasteiger partial charge in [0, 0.05) is 56.2 Å². The molecule has 2 saturated heterocycles. The normalized spacial score (nSPS) is 26.1. The van der Waals surface area contributed by atoms with Gasteiger partial charge in [-0.25, -0.2) is 9.37 Å². The minimum atomic E-state index is -0.271. The van der Waals surface area contributed by atoms with Crippen molar-refractivity contribution in [1.82, 2.24) is 24.7 Å². The standard InChI is InChI=1S/C29H38FN5O2/c1-18-31-27-17-33(29(37)20-6-7-20)12-11-28(27)35(18)25-15-23-8-9-24(16-25)34(23)13-10-26(32-19(2)36)21-4-3-5-22(30)14-21/h3-5,14,20,23-26H,6-13,15-17H2,1-2H3,(H,32,36)/t23-,24+,25+,26-/m0/s1. The number of imidazole rings is 1. The fourth-order valence-electron chi connectivity index (χ4n) is 7.19. The summed E-state index contributed by atoms with van der Waals surface area (Å²) in [6.45, 7) is 6.01. The number of piperidine rings is 1. The van der Waals surface area contributed by atoms with Gasteiger partial charge in [0.25, 0.3) is 0 Å². The van der Waals surface area contributed by atoms with E-state index in [0.717, 1.165) is 68.7 Å². The Morgan fingerprint density at radius 1 is 1.14 bits per heavy atom. The first-order valence-corrected chi connectivity index (χ1v) is 14.0. The fourth-order valence-corrected chi connectivity index (χ4v) is 7.19. The van der Waals surface area contributed by atoms with E-state index in [2.05, 4.69) is 21.7 Å². The second-order valence-electron chi connectivity index (χ2n) is 11.6. The molecule has 6 rings (SSSR count). The van der Waals surface area contributed by atoms with E-state index in [0.29, 0.717) is 30.6 Å². The van der Waals surface area contributed by atoms with E-state index in [1.807, 2.05) is 11.0 Å². The first-order valence-electron chi connectivity index (χ1n) is 14.0. The molecule has 1 aliphatic carbocycles. The zero-order chi connectivity index (χ0) is 25.7. The molecule has 7 nitrogen and oxygen atoms in total. The van der Waals surface area contributed by atoms with Crippen LogP contribution in [0.4, 0.5) is 4.39 Å². The number of hydrogen-bond donors (Lipinski definition) is 1. The lowest BCUT2D eigenvalue weighted by molar-refractivity contribution is -0.133. The molecule has 1 saturated carbocycles. The molecule has 1 N–H and O–H groups in total. The van der Waals surface area contributed by atoms with Crippen LogP contribution in [-0.2, 0) is 22.6 Å². The molecule has 3 aliphatic heterocycles. The van der Waals surface area contributed by atoms with Crippen molar-refractivity contribution in [2.75, 3.05) is 13.1 Å². The number of fused-ring (bicyclic) bond motifs is 3. The van der Waals surface area contributed by atoms with Crippen molar-refractivity contribution in [3.63, 3.8) is 0 Å². The van der Waals surface area contributed by atoms with E-state index in [4.69, 9.17) is 4.98 Å². The van der Waals surface area contributed by atoms with Gasteiger partial charge >= 0.3 is 0 Å². The molecule has 2 bridgehead atoms. The van der Waals surface area contributed by atoms with E-state index >= 15 is 0 Å². The minimum absolute atomic E-state index is 0.0892. The van der Waals surface area contributed by atoms with Crippen LogP contribution in [0.1, 0.15) is 86.7 Å². The zero-order valence-corrected chi connectivity index (χ0v) is 22.0. The Hall–Kier alpha value is -2.74. The third kappa shape index (κ3) is 4.92. The molecule has 4 aliphatic rings. The number of carbonyl (C=O) groups excluding carboxylic acids is 2. The average molecular weight is 508 g/mol. The SMILES string of the molecule is CC(=O)N[C@@H](CCN1[C@@H]2CC[C@H]1C[C@@H](n1c(C)nc3c1CCN(C(=O)C1CC1)C3)C2)c1cccc(F)c1. The van der Waals surface area contributed by atoms with Crippen LogP contribution in [0.15, 0.2) is 24.3 Å². The lowest BCUT2D eigenvalue weighted by Crippen LogP contribution is -2.45. The van der Waals surface area contributed by atoms with Crippen molar-refractivity contribution in [2.24, 2.45) is 5.92 Å². The van der Waals surface area contributed by atoms with Gasteiger partial charge in [-0.15, -0.1) is 0 Å². The summed E-state index contributed by atoms with van der Waals surface area (Å²) in [6.07, 6.45) is 8.37. The van der Waals surface area contributed by atoms with Crippen molar-refractivity contribution < 1.29 is 14.0 Å². The fraction of sp³-hybridized carbons (Fsp3) is 0.621. The Morgan fingerprint density at radius 3 is 2.57 bits per heavy atom. The molecular weight excluding hydrogens is 469 g/mol. The van der Waals surface area contributed by atoms with E-state index in [9.17, 15) is 14.0 Å². The van der Waals surface area contributed by atoms with Crippen LogP contribution in [0.25, 0.3) is 0 Å². The maximum Gasteiger partial charge on any atom is 0.226 e. The second-order valence-corrected chi connectivity index (χ2v) is 11.6. The van der Waals surface area contributed by atoms with Gasteiger partial charge in [-0.3, -0.25) is 14.5 Å². The number of aromatic nitrogens is 2. The van der Waals surface area contributed by atoms with Crippen molar-refractivity contribution in [3.8, 4) is 0 Å². The van der Waals surface area contributed by atoms with Gasteiger partial charge in [0.2, 0.25) is 11.8 Å². The molecule has 37 heavy (non-hydrogen) atoms. The van der Waals surface area contributed by atoms with Crippen molar-refractivity contribution in [1.29, 1.82) is 0 Å². The van der Waals surface area contributed by atoms with Crippen LogP contribution in [-0.4, -0.2) is 56.3 Å². The minimum Gasteiger partial charge on any atom is -0.349 e. The van der Waals surface area contributed by atoms with Crippen LogP contribution in [0.3, 0.4) is 0 Å². The number of nitrogens with zero attached hydrogens (tertiary/aromatic N) is 4. The van der Waals surface area contributed by atoms with Crippen LogP contribution in [0.2, 0.25) is 0 Å². The van der Waals surface area contributed by atoms with Gasteiger partial charge in [-0.2, -0.15) is 0 Å². The Kier molecular flexibility index (Phi) is 6.55. The molecule has 2 amide bonds. The Labute approximate surface area is 218 Å². The lowest BCUT2D eigenvalue weighted by atomic mass is 9.94. The predicted molar refractivity (Wildman–Crippen MR) is 138 cm³/mol. The van der Waals surface area contributed by atoms with Gasteiger partial charge in [0.15, 0.2) is 0 Å². The van der Waals surface area contributed by atoms with E-state index in [1.54, 1.807) is 6.07 Å². The van der Waals surface area contributed by atoms with Gasteiger partial charge in [0.05, 0.1) is 18.3 Å². The number of aryl methyl sites for hydroxylation is 1. The predicted octanol–water partition coefficient (Wildman–Crippen LogP) is 4.06. The summed E-state index contributed by atoms with van der Waals surface area (Å²) in [6, 6.07) is 7.88. The maximum absolute atomic E-state index is 13.9. The highest BCUT2D eigenvalue weighted by Gasteiger charge is 2.43. The number of nitrogens with one attached hydrogen (secondary N) is 1. The highest BCUT2D eigenvalue weighted by molar-refractivity contribution is 5.81. The summed E-state index contributed by atoms with van der Waals surface area (Å²) in [4.78, 5) is 34.1. The molecule has 0 spiro atoms. The number of halogens is 1. The van der Waals surface area contributed by atoms with Gasteiger partial charge in [0.1, 0.15) is 11.6 Å². The second kappa shape index (κ2) is 9.86. The first-order chi connectivity index (χ1) is 17.9. The third-order valence-corrected chi connectivity index (χ3v) is 9.00. The summed E-state index contributed by atoms with van der Waals surface area (Å²) < 4.78 is 16.4. The molecule has 4 atom stereocenters. The smallest absolute Gasteiger partial charge is 0.226 e. The van der Waals surface area contributed by atoms with Crippen molar-refractivity contribution >= 4 is 11.8 Å². The largest absolute Gasteiger partial charge is 0.349 e. The third-order valence-electron chi connectivity index (χ3n) is 9.00. The van der Waals surface area contributed by atoms with Crippen LogP contribution in [0.5, 0.6) is 0 Å². The number of rotatable bonds is 7. The maximum atomic E-state index is 13.9. The Morgan fingerprint density at radius 2 is 1.89 bits per heavy atom. The van der Waals surface area contributed by atoms with Gasteiger partial charge < -0.3 is 14.8 Å². The van der Waals surface area contributed by atoms with E-state index in [1.165, 1.54) is 37.6 Å².